The molecular formula is C11H13F2NO. The first kappa shape index (κ1) is 11.6. The Morgan fingerprint density at radius 2 is 1.93 bits per heavy atom. The van der Waals surface area contributed by atoms with Gasteiger partial charge in [0, 0.05) is 12.1 Å². The van der Waals surface area contributed by atoms with Crippen molar-refractivity contribution in [2.45, 2.75) is 25.7 Å². The van der Waals surface area contributed by atoms with Crippen molar-refractivity contribution in [3.8, 4) is 0 Å². The van der Waals surface area contributed by atoms with Gasteiger partial charge in [-0.15, -0.1) is 0 Å². The van der Waals surface area contributed by atoms with E-state index in [9.17, 15) is 13.6 Å². The molecule has 1 amide bonds. The number of carbonyl (C=O) groups excluding carboxylic acids is 1. The van der Waals surface area contributed by atoms with E-state index >= 15 is 0 Å². The highest BCUT2D eigenvalue weighted by Crippen LogP contribution is 2.22. The number of anilines is 1. The summed E-state index contributed by atoms with van der Waals surface area (Å²) < 4.78 is 25.7. The number of benzene rings is 1. The molecule has 0 aliphatic rings. The van der Waals surface area contributed by atoms with Crippen molar-refractivity contribution in [3.05, 3.63) is 30.3 Å². The molecule has 82 valence electrons. The molecule has 0 aromatic heterocycles. The molecule has 4 heteroatoms. The number of halogens is 2. The summed E-state index contributed by atoms with van der Waals surface area (Å²) in [6, 6.07) is 8.56. The van der Waals surface area contributed by atoms with E-state index in [0.717, 1.165) is 0 Å². The van der Waals surface area contributed by atoms with Gasteiger partial charge in [-0.05, 0) is 12.1 Å². The lowest BCUT2D eigenvalue weighted by molar-refractivity contribution is -0.123. The Bertz CT molecular complexity index is 325. The van der Waals surface area contributed by atoms with Crippen molar-refractivity contribution < 1.29 is 13.6 Å². The fraction of sp³-hybridized carbons (Fsp3) is 0.364. The zero-order chi connectivity index (χ0) is 11.3. The molecule has 1 rings (SSSR count). The van der Waals surface area contributed by atoms with Gasteiger partial charge in [-0.3, -0.25) is 4.79 Å². The molecule has 1 aromatic carbocycles. The van der Waals surface area contributed by atoms with E-state index in [4.69, 9.17) is 0 Å². The summed E-state index contributed by atoms with van der Waals surface area (Å²) in [4.78, 5) is 11.2. The van der Waals surface area contributed by atoms with Crippen LogP contribution in [0.25, 0.3) is 0 Å². The zero-order valence-electron chi connectivity index (χ0n) is 8.47. The monoisotopic (exact) mass is 213 g/mol. The highest BCUT2D eigenvalue weighted by molar-refractivity contribution is 5.91. The summed E-state index contributed by atoms with van der Waals surface area (Å²) in [5.41, 5.74) is 0.536. The van der Waals surface area contributed by atoms with Crippen LogP contribution in [0.15, 0.2) is 30.3 Å². The van der Waals surface area contributed by atoms with Gasteiger partial charge >= 0.3 is 0 Å². The van der Waals surface area contributed by atoms with Crippen LogP contribution in [-0.4, -0.2) is 11.8 Å². The van der Waals surface area contributed by atoms with Crippen LogP contribution in [0.4, 0.5) is 14.5 Å². The number of alkyl halides is 2. The Kier molecular flexibility index (Phi) is 3.77. The van der Waals surface area contributed by atoms with E-state index in [1.165, 1.54) is 6.92 Å². The summed E-state index contributed by atoms with van der Waals surface area (Å²) in [6.07, 6.45) is -1.09. The number of rotatable bonds is 4. The largest absolute Gasteiger partial charge is 0.326 e. The van der Waals surface area contributed by atoms with E-state index < -0.39 is 18.3 Å². The maximum Gasteiger partial charge on any atom is 0.256 e. The normalized spacial score (nSPS) is 11.1. The Balaban J connectivity index is 2.51. The highest BCUT2D eigenvalue weighted by atomic mass is 19.3. The van der Waals surface area contributed by atoms with Crippen molar-refractivity contribution in [1.29, 1.82) is 0 Å². The first-order valence-electron chi connectivity index (χ1n) is 4.76. The lowest BCUT2D eigenvalue weighted by Gasteiger charge is -2.13. The third-order valence-electron chi connectivity index (χ3n) is 1.99. The van der Waals surface area contributed by atoms with Gasteiger partial charge < -0.3 is 5.32 Å². The topological polar surface area (TPSA) is 29.1 Å². The van der Waals surface area contributed by atoms with Crippen molar-refractivity contribution in [1.82, 2.24) is 0 Å². The molecular weight excluding hydrogens is 200 g/mol. The van der Waals surface area contributed by atoms with Gasteiger partial charge in [0.25, 0.3) is 5.92 Å². The maximum absolute atomic E-state index is 12.8. The van der Waals surface area contributed by atoms with Gasteiger partial charge in [0.15, 0.2) is 0 Å². The minimum atomic E-state index is -2.92. The van der Waals surface area contributed by atoms with E-state index in [1.54, 1.807) is 30.3 Å². The average Bonchev–Trinajstić information content (AvgIpc) is 2.18. The lowest BCUT2D eigenvalue weighted by Crippen LogP contribution is -2.24. The Morgan fingerprint density at radius 1 is 1.33 bits per heavy atom. The molecule has 0 bridgehead atoms. The first-order chi connectivity index (χ1) is 7.03. The molecule has 0 atom stereocenters. The molecule has 0 heterocycles. The van der Waals surface area contributed by atoms with Crippen molar-refractivity contribution in [2.75, 3.05) is 5.32 Å². The fourth-order valence-corrected chi connectivity index (χ4v) is 1.09. The Labute approximate surface area is 87.3 Å². The van der Waals surface area contributed by atoms with Gasteiger partial charge in [0.2, 0.25) is 5.91 Å². The molecule has 0 fully saturated rings. The van der Waals surface area contributed by atoms with E-state index in [1.807, 2.05) is 0 Å². The maximum atomic E-state index is 12.8. The first-order valence-corrected chi connectivity index (χ1v) is 4.76. The fourth-order valence-electron chi connectivity index (χ4n) is 1.09. The van der Waals surface area contributed by atoms with Crippen molar-refractivity contribution >= 4 is 11.6 Å². The van der Waals surface area contributed by atoms with E-state index in [-0.39, 0.29) is 6.42 Å². The van der Waals surface area contributed by atoms with Crippen LogP contribution in [0.1, 0.15) is 19.8 Å². The zero-order valence-corrected chi connectivity index (χ0v) is 8.47. The second kappa shape index (κ2) is 4.87. The predicted molar refractivity (Wildman–Crippen MR) is 54.9 cm³/mol. The second-order valence-electron chi connectivity index (χ2n) is 3.30. The quantitative estimate of drug-likeness (QED) is 0.818. The van der Waals surface area contributed by atoms with Crippen LogP contribution in [-0.2, 0) is 4.79 Å². The summed E-state index contributed by atoms with van der Waals surface area (Å²) in [5, 5.41) is 2.41. The standard InChI is InChI=1S/C11H13F2NO/c1-2-11(12,13)8-10(15)14-9-6-4-3-5-7-9/h3-7H,2,8H2,1H3,(H,14,15). The molecule has 0 saturated carbocycles. The molecule has 1 aromatic rings. The van der Waals surface area contributed by atoms with Gasteiger partial charge in [-0.2, -0.15) is 0 Å². The van der Waals surface area contributed by atoms with Gasteiger partial charge in [0.05, 0.1) is 6.42 Å². The molecule has 0 aliphatic carbocycles. The molecule has 0 unspecified atom stereocenters. The number of amides is 1. The van der Waals surface area contributed by atoms with Crippen molar-refractivity contribution in [3.63, 3.8) is 0 Å². The summed E-state index contributed by atoms with van der Waals surface area (Å²) in [7, 11) is 0. The Hall–Kier alpha value is -1.45. The number of nitrogens with one attached hydrogen (secondary N) is 1. The summed E-state index contributed by atoms with van der Waals surface area (Å²) >= 11 is 0. The molecule has 1 N–H and O–H groups in total. The number of hydrogen-bond acceptors (Lipinski definition) is 1. The van der Waals surface area contributed by atoms with Crippen molar-refractivity contribution in [2.24, 2.45) is 0 Å². The third-order valence-corrected chi connectivity index (χ3v) is 1.99. The van der Waals surface area contributed by atoms with Gasteiger partial charge in [-0.1, -0.05) is 25.1 Å². The smallest absolute Gasteiger partial charge is 0.256 e. The summed E-state index contributed by atoms with van der Waals surface area (Å²) in [6.45, 7) is 1.36. The van der Waals surface area contributed by atoms with E-state index in [0.29, 0.717) is 5.69 Å². The number of hydrogen-bond donors (Lipinski definition) is 1. The van der Waals surface area contributed by atoms with Gasteiger partial charge in [-0.25, -0.2) is 8.78 Å². The van der Waals surface area contributed by atoms with Crippen LogP contribution in [0.5, 0.6) is 0 Å². The molecule has 0 aliphatic heterocycles. The molecule has 15 heavy (non-hydrogen) atoms. The van der Waals surface area contributed by atoms with Gasteiger partial charge in [0.1, 0.15) is 0 Å². The molecule has 0 spiro atoms. The number of carbonyl (C=O) groups is 1. The molecule has 0 radical (unpaired) electrons. The highest BCUT2D eigenvalue weighted by Gasteiger charge is 2.29. The lowest BCUT2D eigenvalue weighted by atomic mass is 10.2. The molecule has 0 saturated heterocycles. The van der Waals surface area contributed by atoms with Crippen LogP contribution in [0, 0.1) is 0 Å². The second-order valence-corrected chi connectivity index (χ2v) is 3.30. The predicted octanol–water partition coefficient (Wildman–Crippen LogP) is 3.06. The summed E-state index contributed by atoms with van der Waals surface area (Å²) in [5.74, 6) is -3.58. The van der Waals surface area contributed by atoms with Crippen LogP contribution < -0.4 is 5.32 Å². The minimum absolute atomic E-state index is 0.324. The third kappa shape index (κ3) is 4.06. The van der Waals surface area contributed by atoms with E-state index in [2.05, 4.69) is 5.32 Å². The van der Waals surface area contributed by atoms with Crippen LogP contribution >= 0.6 is 0 Å². The SMILES string of the molecule is CCC(F)(F)CC(=O)Nc1ccccc1. The van der Waals surface area contributed by atoms with Crippen LogP contribution in [0.2, 0.25) is 0 Å². The Morgan fingerprint density at radius 3 is 2.47 bits per heavy atom. The number of para-hydroxylation sites is 1. The minimum Gasteiger partial charge on any atom is -0.326 e. The van der Waals surface area contributed by atoms with Crippen LogP contribution in [0.3, 0.4) is 0 Å². The average molecular weight is 213 g/mol. The molecule has 2 nitrogen and oxygen atoms in total.